The first-order valence-electron chi connectivity index (χ1n) is 6.41. The molecule has 94 valence electrons. The Balaban J connectivity index is 2.14. The van der Waals surface area contributed by atoms with E-state index < -0.39 is 0 Å². The van der Waals surface area contributed by atoms with Gasteiger partial charge in [0.05, 0.1) is 0 Å². The molecule has 0 amide bonds. The van der Waals surface area contributed by atoms with Crippen LogP contribution in [0.4, 0.5) is 5.69 Å². The number of halogens is 1. The van der Waals surface area contributed by atoms with E-state index in [2.05, 4.69) is 39.1 Å². The van der Waals surface area contributed by atoms with Crippen LogP contribution in [0.3, 0.4) is 0 Å². The molecule has 1 aromatic rings. The zero-order valence-electron chi connectivity index (χ0n) is 11.2. The van der Waals surface area contributed by atoms with E-state index in [9.17, 15) is 0 Å². The minimum atomic E-state index is 0.462. The molecule has 0 saturated heterocycles. The summed E-state index contributed by atoms with van der Waals surface area (Å²) in [7, 11) is 0. The first kappa shape index (κ1) is 12.8. The fourth-order valence-corrected chi connectivity index (χ4v) is 3.23. The van der Waals surface area contributed by atoms with Crippen molar-refractivity contribution in [3.8, 4) is 0 Å². The fourth-order valence-electron chi connectivity index (χ4n) is 3.05. The van der Waals surface area contributed by atoms with Crippen LogP contribution in [0.15, 0.2) is 18.2 Å². The van der Waals surface area contributed by atoms with Gasteiger partial charge in [0.25, 0.3) is 0 Å². The van der Waals surface area contributed by atoms with Crippen molar-refractivity contribution < 1.29 is 0 Å². The summed E-state index contributed by atoms with van der Waals surface area (Å²) in [4.78, 5) is 0. The predicted molar refractivity (Wildman–Crippen MR) is 75.8 cm³/mol. The predicted octanol–water partition coefficient (Wildman–Crippen LogP) is 4.89. The Morgan fingerprint density at radius 2 is 2.00 bits per heavy atom. The molecule has 0 heterocycles. The highest BCUT2D eigenvalue weighted by Gasteiger charge is 2.36. The quantitative estimate of drug-likeness (QED) is 0.790. The summed E-state index contributed by atoms with van der Waals surface area (Å²) >= 11 is 6.15. The van der Waals surface area contributed by atoms with E-state index in [4.69, 9.17) is 11.6 Å². The molecule has 0 aliphatic heterocycles. The van der Waals surface area contributed by atoms with Crippen LogP contribution in [0.1, 0.15) is 39.2 Å². The maximum Gasteiger partial charge on any atom is 0.0455 e. The van der Waals surface area contributed by atoms with Gasteiger partial charge < -0.3 is 5.32 Å². The molecule has 2 rings (SSSR count). The van der Waals surface area contributed by atoms with E-state index in [1.807, 2.05) is 12.1 Å². The highest BCUT2D eigenvalue weighted by Crippen LogP contribution is 2.42. The summed E-state index contributed by atoms with van der Waals surface area (Å²) in [6.07, 6.45) is 2.53. The van der Waals surface area contributed by atoms with E-state index in [-0.39, 0.29) is 0 Å². The Bertz CT molecular complexity index is 411. The van der Waals surface area contributed by atoms with Gasteiger partial charge in [-0.3, -0.25) is 0 Å². The van der Waals surface area contributed by atoms with Crippen LogP contribution in [0.5, 0.6) is 0 Å². The van der Waals surface area contributed by atoms with E-state index in [1.54, 1.807) is 0 Å². The van der Waals surface area contributed by atoms with E-state index >= 15 is 0 Å². The average molecular weight is 252 g/mol. The summed E-state index contributed by atoms with van der Waals surface area (Å²) in [5, 5.41) is 4.52. The van der Waals surface area contributed by atoms with Gasteiger partial charge in [-0.05, 0) is 48.8 Å². The van der Waals surface area contributed by atoms with E-state index in [0.29, 0.717) is 11.5 Å². The minimum Gasteiger partial charge on any atom is -0.382 e. The highest BCUT2D eigenvalue weighted by molar-refractivity contribution is 6.31. The SMILES string of the molecule is Cc1c(Cl)cccc1NC1CC(C)(C)CC1C. The van der Waals surface area contributed by atoms with Crippen LogP contribution in [-0.4, -0.2) is 6.04 Å². The van der Waals surface area contributed by atoms with Crippen molar-refractivity contribution in [3.05, 3.63) is 28.8 Å². The fraction of sp³-hybridized carbons (Fsp3) is 0.600. The lowest BCUT2D eigenvalue weighted by Gasteiger charge is -2.21. The minimum absolute atomic E-state index is 0.462. The van der Waals surface area contributed by atoms with Gasteiger partial charge >= 0.3 is 0 Å². The number of nitrogens with one attached hydrogen (secondary N) is 1. The monoisotopic (exact) mass is 251 g/mol. The van der Waals surface area contributed by atoms with Gasteiger partial charge in [0, 0.05) is 16.8 Å². The van der Waals surface area contributed by atoms with Crippen molar-refractivity contribution in [1.29, 1.82) is 0 Å². The number of hydrogen-bond donors (Lipinski definition) is 1. The summed E-state index contributed by atoms with van der Waals surface area (Å²) in [6.45, 7) is 9.13. The molecular weight excluding hydrogens is 230 g/mol. The van der Waals surface area contributed by atoms with Crippen LogP contribution >= 0.6 is 11.6 Å². The molecule has 0 bridgehead atoms. The zero-order chi connectivity index (χ0) is 12.6. The van der Waals surface area contributed by atoms with Crippen molar-refractivity contribution in [3.63, 3.8) is 0 Å². The molecule has 1 nitrogen and oxygen atoms in total. The number of rotatable bonds is 2. The first-order chi connectivity index (χ1) is 7.89. The molecule has 17 heavy (non-hydrogen) atoms. The summed E-state index contributed by atoms with van der Waals surface area (Å²) < 4.78 is 0. The van der Waals surface area contributed by atoms with Crippen molar-refractivity contribution in [1.82, 2.24) is 0 Å². The largest absolute Gasteiger partial charge is 0.382 e. The zero-order valence-corrected chi connectivity index (χ0v) is 11.9. The molecule has 0 aromatic heterocycles. The van der Waals surface area contributed by atoms with Crippen LogP contribution < -0.4 is 5.32 Å². The van der Waals surface area contributed by atoms with Gasteiger partial charge in [0.2, 0.25) is 0 Å². The van der Waals surface area contributed by atoms with Gasteiger partial charge in [-0.15, -0.1) is 0 Å². The van der Waals surface area contributed by atoms with Crippen molar-refractivity contribution in [2.45, 2.75) is 46.6 Å². The maximum absolute atomic E-state index is 6.15. The third kappa shape index (κ3) is 2.77. The normalized spacial score (nSPS) is 27.1. The van der Waals surface area contributed by atoms with Gasteiger partial charge in [0.1, 0.15) is 0 Å². The Kier molecular flexibility index (Phi) is 3.40. The topological polar surface area (TPSA) is 12.0 Å². The molecular formula is C15H22ClN. The molecule has 1 aromatic carbocycles. The van der Waals surface area contributed by atoms with Crippen LogP contribution in [0.25, 0.3) is 0 Å². The third-order valence-corrected chi connectivity index (χ3v) is 4.35. The van der Waals surface area contributed by atoms with E-state index in [0.717, 1.165) is 16.5 Å². The lowest BCUT2D eigenvalue weighted by Crippen LogP contribution is -2.23. The Labute approximate surface area is 110 Å². The van der Waals surface area contributed by atoms with Crippen molar-refractivity contribution in [2.75, 3.05) is 5.32 Å². The molecule has 1 N–H and O–H groups in total. The van der Waals surface area contributed by atoms with Crippen LogP contribution in [0, 0.1) is 18.3 Å². The van der Waals surface area contributed by atoms with Crippen molar-refractivity contribution in [2.24, 2.45) is 11.3 Å². The molecule has 0 radical (unpaired) electrons. The van der Waals surface area contributed by atoms with E-state index in [1.165, 1.54) is 18.5 Å². The highest BCUT2D eigenvalue weighted by atomic mass is 35.5. The van der Waals surface area contributed by atoms with Crippen LogP contribution in [-0.2, 0) is 0 Å². The molecule has 1 aliphatic rings. The number of benzene rings is 1. The van der Waals surface area contributed by atoms with Gasteiger partial charge in [-0.1, -0.05) is 38.4 Å². The molecule has 2 atom stereocenters. The molecule has 0 spiro atoms. The second-order valence-electron chi connectivity index (χ2n) is 6.21. The Morgan fingerprint density at radius 3 is 2.59 bits per heavy atom. The van der Waals surface area contributed by atoms with Crippen molar-refractivity contribution >= 4 is 17.3 Å². The molecule has 1 fully saturated rings. The lowest BCUT2D eigenvalue weighted by molar-refractivity contribution is 0.366. The molecule has 1 saturated carbocycles. The standard InChI is InChI=1S/C15H22ClN/c1-10-8-15(3,4)9-14(10)17-13-7-5-6-12(16)11(13)2/h5-7,10,14,17H,8-9H2,1-4H3. The smallest absolute Gasteiger partial charge is 0.0455 e. The second kappa shape index (κ2) is 4.53. The van der Waals surface area contributed by atoms with Gasteiger partial charge in [0.15, 0.2) is 0 Å². The summed E-state index contributed by atoms with van der Waals surface area (Å²) in [6, 6.07) is 6.66. The van der Waals surface area contributed by atoms with Gasteiger partial charge in [-0.25, -0.2) is 0 Å². The number of anilines is 1. The average Bonchev–Trinajstić information content (AvgIpc) is 2.47. The number of hydrogen-bond acceptors (Lipinski definition) is 1. The Hall–Kier alpha value is -0.690. The summed E-state index contributed by atoms with van der Waals surface area (Å²) in [5.41, 5.74) is 2.81. The first-order valence-corrected chi connectivity index (χ1v) is 6.78. The molecule has 2 heteroatoms. The summed E-state index contributed by atoms with van der Waals surface area (Å²) in [5.74, 6) is 0.725. The third-order valence-electron chi connectivity index (χ3n) is 3.94. The molecule has 2 unspecified atom stereocenters. The van der Waals surface area contributed by atoms with Crippen LogP contribution in [0.2, 0.25) is 5.02 Å². The van der Waals surface area contributed by atoms with Gasteiger partial charge in [-0.2, -0.15) is 0 Å². The Morgan fingerprint density at radius 1 is 1.29 bits per heavy atom. The lowest BCUT2D eigenvalue weighted by atomic mass is 9.91. The molecule has 1 aliphatic carbocycles. The second-order valence-corrected chi connectivity index (χ2v) is 6.62. The maximum atomic E-state index is 6.15.